The van der Waals surface area contributed by atoms with Gasteiger partial charge in [0.1, 0.15) is 16.9 Å². The Morgan fingerprint density at radius 3 is 2.79 bits per heavy atom. The maximum absolute atomic E-state index is 12.6. The summed E-state index contributed by atoms with van der Waals surface area (Å²) in [5.74, 6) is -1.55. The van der Waals surface area contributed by atoms with E-state index in [4.69, 9.17) is 4.74 Å². The topological polar surface area (TPSA) is 92.9 Å². The lowest BCUT2D eigenvalue weighted by Crippen LogP contribution is -2.76. The number of imidazole rings is 1. The van der Waals surface area contributed by atoms with Gasteiger partial charge in [-0.05, 0) is 19.1 Å². The van der Waals surface area contributed by atoms with E-state index in [9.17, 15) is 14.7 Å². The SMILES string of the molecule is CCO[C@H]1C[C@](NC(=O)c2cn3ccccc3n2)(C(=O)O)C1(C)C. The Kier molecular flexibility index (Phi) is 3.83. The van der Waals surface area contributed by atoms with Gasteiger partial charge in [0.2, 0.25) is 0 Å². The third kappa shape index (κ3) is 2.27. The summed E-state index contributed by atoms with van der Waals surface area (Å²) < 4.78 is 7.32. The number of aromatic nitrogens is 2. The molecule has 0 spiro atoms. The van der Waals surface area contributed by atoms with Crippen molar-refractivity contribution in [3.8, 4) is 0 Å². The fourth-order valence-corrected chi connectivity index (χ4v) is 3.34. The van der Waals surface area contributed by atoms with Crippen LogP contribution in [0.5, 0.6) is 0 Å². The number of carboxylic acid groups (broad SMARTS) is 1. The Hall–Kier alpha value is -2.41. The third-order valence-electron chi connectivity index (χ3n) is 5.05. The van der Waals surface area contributed by atoms with E-state index in [0.29, 0.717) is 12.3 Å². The zero-order chi connectivity index (χ0) is 17.5. The Morgan fingerprint density at radius 2 is 2.21 bits per heavy atom. The molecule has 1 aliphatic carbocycles. The van der Waals surface area contributed by atoms with Crippen LogP contribution in [-0.2, 0) is 9.53 Å². The van der Waals surface area contributed by atoms with Crippen LogP contribution in [0.25, 0.3) is 5.65 Å². The number of nitrogens with zero attached hydrogens (tertiary/aromatic N) is 2. The van der Waals surface area contributed by atoms with Gasteiger partial charge < -0.3 is 19.6 Å². The number of carbonyl (C=O) groups excluding carboxylic acids is 1. The highest BCUT2D eigenvalue weighted by Gasteiger charge is 2.66. The number of amides is 1. The van der Waals surface area contributed by atoms with Crippen molar-refractivity contribution in [2.75, 3.05) is 6.61 Å². The van der Waals surface area contributed by atoms with Crippen molar-refractivity contribution in [1.29, 1.82) is 0 Å². The molecule has 128 valence electrons. The Balaban J connectivity index is 1.87. The molecule has 24 heavy (non-hydrogen) atoms. The van der Waals surface area contributed by atoms with Gasteiger partial charge in [0.05, 0.1) is 6.10 Å². The molecule has 2 atom stereocenters. The van der Waals surface area contributed by atoms with Crippen LogP contribution in [0.1, 0.15) is 37.7 Å². The average molecular weight is 331 g/mol. The number of hydrogen-bond acceptors (Lipinski definition) is 4. The number of hydrogen-bond donors (Lipinski definition) is 2. The van der Waals surface area contributed by atoms with Crippen molar-refractivity contribution in [3.63, 3.8) is 0 Å². The van der Waals surface area contributed by atoms with E-state index < -0.39 is 22.8 Å². The van der Waals surface area contributed by atoms with Crippen molar-refractivity contribution in [2.24, 2.45) is 5.41 Å². The average Bonchev–Trinajstić information content (AvgIpc) is 2.97. The normalized spacial score (nSPS) is 25.2. The molecule has 0 saturated heterocycles. The zero-order valence-electron chi connectivity index (χ0n) is 13.9. The van der Waals surface area contributed by atoms with Crippen LogP contribution >= 0.6 is 0 Å². The molecule has 3 rings (SSSR count). The minimum Gasteiger partial charge on any atom is -0.479 e. The van der Waals surface area contributed by atoms with Gasteiger partial charge in [0.25, 0.3) is 5.91 Å². The number of rotatable bonds is 5. The number of carbonyl (C=O) groups is 2. The molecule has 1 fully saturated rings. The molecule has 2 N–H and O–H groups in total. The van der Waals surface area contributed by atoms with E-state index in [1.807, 2.05) is 19.1 Å². The predicted octanol–water partition coefficient (Wildman–Crippen LogP) is 1.72. The van der Waals surface area contributed by atoms with Crippen molar-refractivity contribution in [2.45, 2.75) is 38.8 Å². The number of ether oxygens (including phenoxy) is 1. The Labute approximate surface area is 139 Å². The molecule has 7 nitrogen and oxygen atoms in total. The van der Waals surface area contributed by atoms with Gasteiger partial charge >= 0.3 is 5.97 Å². The third-order valence-corrected chi connectivity index (χ3v) is 5.05. The highest BCUT2D eigenvalue weighted by Crippen LogP contribution is 2.51. The van der Waals surface area contributed by atoms with Gasteiger partial charge in [0, 0.05) is 30.8 Å². The van der Waals surface area contributed by atoms with Gasteiger partial charge in [-0.25, -0.2) is 9.78 Å². The fourth-order valence-electron chi connectivity index (χ4n) is 3.34. The van der Waals surface area contributed by atoms with Crippen LogP contribution in [-0.4, -0.2) is 44.6 Å². The largest absolute Gasteiger partial charge is 0.479 e. The first-order chi connectivity index (χ1) is 11.3. The highest BCUT2D eigenvalue weighted by atomic mass is 16.5. The van der Waals surface area contributed by atoms with Crippen LogP contribution in [0.3, 0.4) is 0 Å². The first-order valence-corrected chi connectivity index (χ1v) is 7.93. The Morgan fingerprint density at radius 1 is 1.46 bits per heavy atom. The first-order valence-electron chi connectivity index (χ1n) is 7.93. The van der Waals surface area contributed by atoms with E-state index in [-0.39, 0.29) is 18.2 Å². The molecular formula is C17H21N3O4. The van der Waals surface area contributed by atoms with Gasteiger partial charge in [-0.3, -0.25) is 4.79 Å². The van der Waals surface area contributed by atoms with E-state index in [2.05, 4.69) is 10.3 Å². The highest BCUT2D eigenvalue weighted by molar-refractivity contribution is 5.97. The van der Waals surface area contributed by atoms with Crippen LogP contribution < -0.4 is 5.32 Å². The van der Waals surface area contributed by atoms with Gasteiger partial charge in [-0.2, -0.15) is 0 Å². The molecule has 1 saturated carbocycles. The van der Waals surface area contributed by atoms with E-state index in [1.165, 1.54) is 0 Å². The molecule has 2 aromatic heterocycles. The van der Waals surface area contributed by atoms with Crippen LogP contribution in [0.15, 0.2) is 30.6 Å². The number of nitrogens with one attached hydrogen (secondary N) is 1. The minimum atomic E-state index is -1.36. The van der Waals surface area contributed by atoms with Crippen molar-refractivity contribution < 1.29 is 19.4 Å². The Bertz CT molecular complexity index is 765. The molecular weight excluding hydrogens is 310 g/mol. The van der Waals surface area contributed by atoms with Crippen molar-refractivity contribution in [3.05, 3.63) is 36.3 Å². The quantitative estimate of drug-likeness (QED) is 0.870. The molecule has 0 unspecified atom stereocenters. The van der Waals surface area contributed by atoms with E-state index in [1.54, 1.807) is 36.7 Å². The summed E-state index contributed by atoms with van der Waals surface area (Å²) >= 11 is 0. The molecule has 0 bridgehead atoms. The number of carboxylic acids is 1. The summed E-state index contributed by atoms with van der Waals surface area (Å²) in [6.07, 6.45) is 3.40. The molecule has 2 heterocycles. The second-order valence-corrected chi connectivity index (χ2v) is 6.63. The summed E-state index contributed by atoms with van der Waals surface area (Å²) in [5, 5.41) is 12.4. The zero-order valence-corrected chi connectivity index (χ0v) is 13.9. The first kappa shape index (κ1) is 16.4. The van der Waals surface area contributed by atoms with Crippen molar-refractivity contribution in [1.82, 2.24) is 14.7 Å². The lowest BCUT2D eigenvalue weighted by molar-refractivity contribution is -0.190. The molecule has 7 heteroatoms. The smallest absolute Gasteiger partial charge is 0.330 e. The summed E-state index contributed by atoms with van der Waals surface area (Å²) in [7, 11) is 0. The molecule has 0 aromatic carbocycles. The standard InChI is InChI=1S/C17H21N3O4/c1-4-24-12-9-17(15(22)23,16(12,2)3)19-14(21)11-10-20-8-6-5-7-13(20)18-11/h5-8,10,12H,4,9H2,1-3H3,(H,19,21)(H,22,23)/t12-,17-/m0/s1. The monoisotopic (exact) mass is 331 g/mol. The molecule has 2 aromatic rings. The lowest BCUT2D eigenvalue weighted by Gasteiger charge is -2.58. The second kappa shape index (κ2) is 5.59. The summed E-state index contributed by atoms with van der Waals surface area (Å²) in [6.45, 7) is 5.97. The maximum Gasteiger partial charge on any atom is 0.330 e. The molecule has 1 amide bonds. The van der Waals surface area contributed by atoms with E-state index >= 15 is 0 Å². The predicted molar refractivity (Wildman–Crippen MR) is 86.8 cm³/mol. The van der Waals surface area contributed by atoms with Crippen LogP contribution in [0, 0.1) is 5.41 Å². The molecule has 1 aliphatic rings. The molecule has 0 aliphatic heterocycles. The number of fused-ring (bicyclic) bond motifs is 1. The fraction of sp³-hybridized carbons (Fsp3) is 0.471. The van der Waals surface area contributed by atoms with Gasteiger partial charge in [-0.1, -0.05) is 19.9 Å². The number of pyridine rings is 1. The minimum absolute atomic E-state index is 0.192. The number of aliphatic carboxylic acids is 1. The van der Waals surface area contributed by atoms with Gasteiger partial charge in [0.15, 0.2) is 0 Å². The summed E-state index contributed by atoms with van der Waals surface area (Å²) in [5.41, 5.74) is -1.26. The van der Waals surface area contributed by atoms with Crippen LogP contribution in [0.4, 0.5) is 0 Å². The van der Waals surface area contributed by atoms with Crippen LogP contribution in [0.2, 0.25) is 0 Å². The van der Waals surface area contributed by atoms with Crippen molar-refractivity contribution >= 4 is 17.5 Å². The molecule has 0 radical (unpaired) electrons. The summed E-state index contributed by atoms with van der Waals surface area (Å²) in [6, 6.07) is 5.43. The maximum atomic E-state index is 12.6. The van der Waals surface area contributed by atoms with Gasteiger partial charge in [-0.15, -0.1) is 0 Å². The second-order valence-electron chi connectivity index (χ2n) is 6.63. The summed E-state index contributed by atoms with van der Waals surface area (Å²) in [4.78, 5) is 28.7. The lowest BCUT2D eigenvalue weighted by atomic mass is 9.54. The van der Waals surface area contributed by atoms with E-state index in [0.717, 1.165) is 0 Å².